The molecule has 1 aliphatic carbocycles. The van der Waals surface area contributed by atoms with Crippen molar-refractivity contribution in [2.45, 2.75) is 76.4 Å². The van der Waals surface area contributed by atoms with E-state index in [4.69, 9.17) is 4.74 Å². The second-order valence-electron chi connectivity index (χ2n) is 13.0. The maximum atomic E-state index is 14.4. The van der Waals surface area contributed by atoms with Crippen LogP contribution >= 0.6 is 0 Å². The van der Waals surface area contributed by atoms with Crippen LogP contribution < -0.4 is 5.32 Å². The number of ether oxygens (including phenoxy) is 1. The lowest BCUT2D eigenvalue weighted by molar-refractivity contribution is -0.150. The van der Waals surface area contributed by atoms with Crippen molar-refractivity contribution in [1.29, 1.82) is 0 Å². The molecule has 2 aliphatic heterocycles. The quantitative estimate of drug-likeness (QED) is 0.245. The van der Waals surface area contributed by atoms with E-state index in [2.05, 4.69) is 26.1 Å². The van der Waals surface area contributed by atoms with Crippen LogP contribution in [0.4, 0.5) is 26.3 Å². The van der Waals surface area contributed by atoms with Crippen molar-refractivity contribution >= 4 is 17.8 Å². The Hall–Kier alpha value is -3.41. The highest BCUT2D eigenvalue weighted by molar-refractivity contribution is 6.09. The Labute approximate surface area is 251 Å². The Morgan fingerprint density at radius 3 is 1.64 bits per heavy atom. The highest BCUT2D eigenvalue weighted by Crippen LogP contribution is 2.53. The number of halogens is 6. The molecule has 44 heavy (non-hydrogen) atoms. The average molecular weight is 625 g/mol. The van der Waals surface area contributed by atoms with Crippen LogP contribution in [-0.2, 0) is 37.0 Å². The molecule has 5 rings (SSSR count). The maximum Gasteiger partial charge on any atom is 0.416 e. The van der Waals surface area contributed by atoms with Crippen molar-refractivity contribution in [2.75, 3.05) is 7.11 Å². The minimum absolute atomic E-state index is 0.0285. The Morgan fingerprint density at radius 2 is 1.25 bits per heavy atom. The summed E-state index contributed by atoms with van der Waals surface area (Å²) in [5.74, 6) is -4.37. The molecule has 3 aliphatic rings. The SMILES string of the molecule is COC(=O)[C@@H]1NC(c2ccc(C(F)(F)F)cc2)(c2ccc(C(F)(F)F)cc2)[C@@H]2C(=O)N(C3CCC(C(C)(C)C)CC3)C(=O)[C@H]21. The molecular weight excluding hydrogens is 590 g/mol. The summed E-state index contributed by atoms with van der Waals surface area (Å²) in [5, 5.41) is 3.01. The maximum absolute atomic E-state index is 14.4. The fourth-order valence-corrected chi connectivity index (χ4v) is 7.36. The third-order valence-electron chi connectivity index (χ3n) is 9.67. The van der Waals surface area contributed by atoms with Gasteiger partial charge in [-0.1, -0.05) is 45.0 Å². The number of amides is 2. The van der Waals surface area contributed by atoms with Gasteiger partial charge in [0.2, 0.25) is 11.8 Å². The van der Waals surface area contributed by atoms with Crippen LogP contribution in [0.15, 0.2) is 48.5 Å². The zero-order chi connectivity index (χ0) is 32.4. The molecule has 2 aromatic rings. The zero-order valence-electron chi connectivity index (χ0n) is 24.7. The monoisotopic (exact) mass is 624 g/mol. The van der Waals surface area contributed by atoms with Crippen molar-refractivity contribution in [3.05, 3.63) is 70.8 Å². The fourth-order valence-electron chi connectivity index (χ4n) is 7.36. The van der Waals surface area contributed by atoms with Gasteiger partial charge in [-0.25, -0.2) is 0 Å². The van der Waals surface area contributed by atoms with Crippen LogP contribution in [0.25, 0.3) is 0 Å². The summed E-state index contributed by atoms with van der Waals surface area (Å²) in [5.41, 5.74) is -3.57. The molecule has 0 unspecified atom stereocenters. The molecule has 3 atom stereocenters. The number of methoxy groups -OCH3 is 1. The van der Waals surface area contributed by atoms with E-state index >= 15 is 0 Å². The van der Waals surface area contributed by atoms with Gasteiger partial charge in [0, 0.05) is 6.04 Å². The molecule has 2 heterocycles. The Morgan fingerprint density at radius 1 is 0.795 bits per heavy atom. The number of nitrogens with zero attached hydrogens (tertiary/aromatic N) is 1. The number of hydrogen-bond acceptors (Lipinski definition) is 5. The number of benzene rings is 2. The predicted molar refractivity (Wildman–Crippen MR) is 147 cm³/mol. The van der Waals surface area contributed by atoms with Crippen LogP contribution in [0.3, 0.4) is 0 Å². The van der Waals surface area contributed by atoms with Gasteiger partial charge in [0.15, 0.2) is 0 Å². The number of imide groups is 1. The summed E-state index contributed by atoms with van der Waals surface area (Å²) < 4.78 is 85.9. The molecule has 1 N–H and O–H groups in total. The van der Waals surface area contributed by atoms with E-state index in [-0.39, 0.29) is 16.5 Å². The van der Waals surface area contributed by atoms with Gasteiger partial charge in [-0.2, -0.15) is 26.3 Å². The van der Waals surface area contributed by atoms with E-state index in [0.717, 1.165) is 68.5 Å². The summed E-state index contributed by atoms with van der Waals surface area (Å²) in [6.07, 6.45) is -6.74. The topological polar surface area (TPSA) is 75.7 Å². The molecular formula is C32H34F6N2O4. The number of rotatable bonds is 4. The summed E-state index contributed by atoms with van der Waals surface area (Å²) in [6, 6.07) is 5.87. The van der Waals surface area contributed by atoms with Gasteiger partial charge < -0.3 is 4.74 Å². The Balaban J connectivity index is 1.65. The lowest BCUT2D eigenvalue weighted by Crippen LogP contribution is -2.53. The molecule has 238 valence electrons. The number of hydrogen-bond donors (Lipinski definition) is 1. The third kappa shape index (κ3) is 5.28. The van der Waals surface area contributed by atoms with Crippen LogP contribution in [0.1, 0.15) is 68.7 Å². The first kappa shape index (κ1) is 32.0. The van der Waals surface area contributed by atoms with E-state index in [9.17, 15) is 40.7 Å². The Bertz CT molecular complexity index is 1360. The van der Waals surface area contributed by atoms with E-state index in [1.165, 1.54) is 4.90 Å². The van der Waals surface area contributed by atoms with Gasteiger partial charge in [0.25, 0.3) is 0 Å². The van der Waals surface area contributed by atoms with Crippen molar-refractivity contribution in [3.63, 3.8) is 0 Å². The third-order valence-corrected chi connectivity index (χ3v) is 9.67. The van der Waals surface area contributed by atoms with Crippen LogP contribution in [0.2, 0.25) is 0 Å². The molecule has 2 saturated heterocycles. The molecule has 6 nitrogen and oxygen atoms in total. The summed E-state index contributed by atoms with van der Waals surface area (Å²) in [4.78, 5) is 42.8. The van der Waals surface area contributed by atoms with Gasteiger partial charge in [-0.3, -0.25) is 24.6 Å². The van der Waals surface area contributed by atoms with E-state index in [1.54, 1.807) is 0 Å². The smallest absolute Gasteiger partial charge is 0.416 e. The molecule has 3 fully saturated rings. The average Bonchev–Trinajstić information content (AvgIpc) is 3.45. The van der Waals surface area contributed by atoms with Crippen molar-refractivity contribution < 1.29 is 45.5 Å². The van der Waals surface area contributed by atoms with Gasteiger partial charge in [0.05, 0.1) is 35.6 Å². The van der Waals surface area contributed by atoms with Gasteiger partial charge in [-0.05, 0) is 72.4 Å². The molecule has 0 radical (unpaired) electrons. The van der Waals surface area contributed by atoms with Crippen LogP contribution in [0.5, 0.6) is 0 Å². The first-order valence-corrected chi connectivity index (χ1v) is 14.5. The highest BCUT2D eigenvalue weighted by atomic mass is 19.4. The molecule has 2 amide bonds. The summed E-state index contributed by atoms with van der Waals surface area (Å²) in [7, 11) is 1.10. The van der Waals surface area contributed by atoms with Crippen molar-refractivity contribution in [2.24, 2.45) is 23.2 Å². The molecule has 0 aromatic heterocycles. The lowest BCUT2D eigenvalue weighted by atomic mass is 9.71. The molecule has 0 spiro atoms. The standard InChI is InChI=1S/C32H34F6N2O4/c1-29(2,3)17-13-15-22(16-14-17)40-26(41)23-24(27(40)42)30(39-25(23)28(43)44-4,18-5-9-20(10-6-18)31(33,34)35)19-7-11-21(12-8-19)32(36,37)38/h5-12,17,22-25,39H,13-16H2,1-4H3/t17?,22?,23-,24+,25-/m1/s1. The molecule has 12 heteroatoms. The van der Waals surface area contributed by atoms with Crippen LogP contribution in [0, 0.1) is 23.2 Å². The first-order valence-electron chi connectivity index (χ1n) is 14.5. The predicted octanol–water partition coefficient (Wildman–Crippen LogP) is 6.32. The summed E-state index contributed by atoms with van der Waals surface area (Å²) in [6.45, 7) is 6.39. The molecule has 1 saturated carbocycles. The largest absolute Gasteiger partial charge is 0.468 e. The second kappa shape index (κ2) is 10.9. The van der Waals surface area contributed by atoms with Crippen LogP contribution in [-0.4, -0.2) is 41.9 Å². The Kier molecular flexibility index (Phi) is 7.92. The number of alkyl halides is 6. The number of fused-ring (bicyclic) bond motifs is 1. The lowest BCUT2D eigenvalue weighted by Gasteiger charge is -2.41. The van der Waals surface area contributed by atoms with Gasteiger partial charge >= 0.3 is 18.3 Å². The zero-order valence-corrected chi connectivity index (χ0v) is 24.7. The fraction of sp³-hybridized carbons (Fsp3) is 0.531. The molecule has 2 aromatic carbocycles. The number of esters is 1. The van der Waals surface area contributed by atoms with E-state index in [0.29, 0.717) is 18.8 Å². The minimum Gasteiger partial charge on any atom is -0.468 e. The minimum atomic E-state index is -4.68. The molecule has 0 bridgehead atoms. The second-order valence-corrected chi connectivity index (χ2v) is 13.0. The number of likely N-dealkylation sites (tertiary alicyclic amines) is 1. The number of carbonyl (C=O) groups is 3. The van der Waals surface area contributed by atoms with Crippen molar-refractivity contribution in [3.8, 4) is 0 Å². The normalized spacial score (nSPS) is 27.4. The highest BCUT2D eigenvalue weighted by Gasteiger charge is 2.69. The van der Waals surface area contributed by atoms with E-state index in [1.807, 2.05) is 0 Å². The van der Waals surface area contributed by atoms with E-state index < -0.39 is 70.7 Å². The van der Waals surface area contributed by atoms with Gasteiger partial charge in [-0.15, -0.1) is 0 Å². The van der Waals surface area contributed by atoms with Gasteiger partial charge in [0.1, 0.15) is 6.04 Å². The number of nitrogens with one attached hydrogen (secondary N) is 1. The first-order chi connectivity index (χ1) is 20.4. The van der Waals surface area contributed by atoms with Crippen molar-refractivity contribution in [1.82, 2.24) is 10.2 Å². The summed E-state index contributed by atoms with van der Waals surface area (Å²) >= 11 is 0. The number of carbonyl (C=O) groups excluding carboxylic acids is 3.